The Labute approximate surface area is 141 Å². The molecule has 120 valence electrons. The number of hydrogen-bond donors (Lipinski definition) is 0. The largest absolute Gasteiger partial charge is 0.281 e. The molecule has 5 aliphatic rings. The van der Waals surface area contributed by atoms with Gasteiger partial charge in [-0.05, 0) is 72.6 Å². The maximum Gasteiger partial charge on any atom is 0.226 e. The minimum absolute atomic E-state index is 0.102. The molecule has 2 nitrogen and oxygen atoms in total. The van der Waals surface area contributed by atoms with Crippen LogP contribution in [0.15, 0.2) is 12.2 Å². The van der Waals surface area contributed by atoms with E-state index in [1.54, 1.807) is 0 Å². The molecule has 7 atom stereocenters. The van der Waals surface area contributed by atoms with E-state index in [9.17, 15) is 9.59 Å². The fourth-order valence-electron chi connectivity index (χ4n) is 6.41. The molecule has 22 heavy (non-hydrogen) atoms. The smallest absolute Gasteiger partial charge is 0.226 e. The molecule has 7 unspecified atom stereocenters. The summed E-state index contributed by atoms with van der Waals surface area (Å²) >= 11 is 11.9. The molecule has 0 amide bonds. The molecule has 5 aliphatic carbocycles. The van der Waals surface area contributed by atoms with Crippen LogP contribution in [0.5, 0.6) is 0 Å². The first kappa shape index (κ1) is 15.2. The van der Waals surface area contributed by atoms with Gasteiger partial charge >= 0.3 is 0 Å². The summed E-state index contributed by atoms with van der Waals surface area (Å²) in [6, 6.07) is 0. The van der Waals surface area contributed by atoms with Gasteiger partial charge in [-0.25, -0.2) is 0 Å². The maximum atomic E-state index is 12.2. The second-order valence-corrected chi connectivity index (χ2v) is 8.58. The van der Waals surface area contributed by atoms with Gasteiger partial charge in [0.1, 0.15) is 0 Å². The summed E-state index contributed by atoms with van der Waals surface area (Å²) in [7, 11) is 0. The zero-order valence-corrected chi connectivity index (χ0v) is 14.2. The molecule has 0 aliphatic heterocycles. The Morgan fingerprint density at radius 3 is 2.55 bits per heavy atom. The van der Waals surface area contributed by atoms with Crippen molar-refractivity contribution in [3.63, 3.8) is 0 Å². The first-order valence-electron chi connectivity index (χ1n) is 8.62. The summed E-state index contributed by atoms with van der Waals surface area (Å²) in [5, 5.41) is -0.732. The van der Waals surface area contributed by atoms with Crippen molar-refractivity contribution in [2.24, 2.45) is 40.9 Å². The van der Waals surface area contributed by atoms with Crippen molar-refractivity contribution < 1.29 is 9.59 Å². The lowest BCUT2D eigenvalue weighted by molar-refractivity contribution is -0.148. The third-order valence-corrected chi connectivity index (χ3v) is 7.70. The monoisotopic (exact) mass is 340 g/mol. The maximum absolute atomic E-state index is 12.2. The van der Waals surface area contributed by atoms with E-state index in [0.29, 0.717) is 11.8 Å². The van der Waals surface area contributed by atoms with E-state index in [4.69, 9.17) is 23.2 Å². The van der Waals surface area contributed by atoms with Gasteiger partial charge in [-0.1, -0.05) is 31.4 Å². The van der Waals surface area contributed by atoms with Gasteiger partial charge < -0.3 is 0 Å². The molecule has 0 aromatic heterocycles. The number of carbonyl (C=O) groups is 2. The fraction of sp³-hybridized carbons (Fsp3) is 0.778. The lowest BCUT2D eigenvalue weighted by Crippen LogP contribution is -2.59. The molecule has 0 aromatic rings. The molecule has 4 heteroatoms. The molecule has 0 saturated heterocycles. The van der Waals surface area contributed by atoms with E-state index in [1.165, 1.54) is 32.1 Å². The van der Waals surface area contributed by atoms with Gasteiger partial charge in [0.2, 0.25) is 10.5 Å². The van der Waals surface area contributed by atoms with Crippen molar-refractivity contribution in [2.45, 2.75) is 44.9 Å². The van der Waals surface area contributed by atoms with Crippen LogP contribution in [-0.4, -0.2) is 10.5 Å². The Bertz CT molecular complexity index is 543. The average Bonchev–Trinajstić information content (AvgIpc) is 2.53. The molecule has 3 saturated carbocycles. The van der Waals surface area contributed by atoms with Gasteiger partial charge in [0.15, 0.2) is 0 Å². The number of allylic oxidation sites excluding steroid dienone is 2. The fourth-order valence-corrected chi connectivity index (χ4v) is 7.04. The quantitative estimate of drug-likeness (QED) is 0.546. The Balaban J connectivity index is 1.77. The van der Waals surface area contributed by atoms with Crippen LogP contribution in [-0.2, 0) is 9.59 Å². The normalized spacial score (nSPS) is 49.4. The highest BCUT2D eigenvalue weighted by molar-refractivity contribution is 6.66. The van der Waals surface area contributed by atoms with E-state index >= 15 is 0 Å². The Morgan fingerprint density at radius 1 is 1.05 bits per heavy atom. The van der Waals surface area contributed by atoms with Crippen molar-refractivity contribution in [2.75, 3.05) is 0 Å². The summed E-state index contributed by atoms with van der Waals surface area (Å²) in [5.41, 5.74) is -0.207. The van der Waals surface area contributed by atoms with Gasteiger partial charge in [-0.3, -0.25) is 9.59 Å². The number of halogens is 2. The van der Waals surface area contributed by atoms with Gasteiger partial charge in [0.05, 0.1) is 11.8 Å². The van der Waals surface area contributed by atoms with Crippen LogP contribution in [0, 0.1) is 40.9 Å². The number of hydrogen-bond acceptors (Lipinski definition) is 2. The number of rotatable bonds is 2. The van der Waals surface area contributed by atoms with Crippen LogP contribution in [0.1, 0.15) is 44.9 Å². The van der Waals surface area contributed by atoms with E-state index in [1.807, 2.05) is 0 Å². The highest BCUT2D eigenvalue weighted by atomic mass is 35.5. The zero-order valence-electron chi connectivity index (χ0n) is 12.6. The van der Waals surface area contributed by atoms with Crippen LogP contribution >= 0.6 is 23.2 Å². The summed E-state index contributed by atoms with van der Waals surface area (Å²) in [6.45, 7) is 0. The molecule has 3 fully saturated rings. The van der Waals surface area contributed by atoms with E-state index in [-0.39, 0.29) is 21.8 Å². The van der Waals surface area contributed by atoms with E-state index in [0.717, 1.165) is 18.8 Å². The predicted octanol–water partition coefficient (Wildman–Crippen LogP) is 4.54. The predicted molar refractivity (Wildman–Crippen MR) is 86.6 cm³/mol. The molecule has 5 rings (SSSR count). The second-order valence-electron chi connectivity index (χ2n) is 7.84. The summed E-state index contributed by atoms with van der Waals surface area (Å²) in [4.78, 5) is 24.2. The average molecular weight is 341 g/mol. The first-order chi connectivity index (χ1) is 10.5. The molecule has 1 spiro atoms. The van der Waals surface area contributed by atoms with Gasteiger partial charge in [-0.2, -0.15) is 0 Å². The van der Waals surface area contributed by atoms with Crippen LogP contribution in [0.2, 0.25) is 0 Å². The van der Waals surface area contributed by atoms with Gasteiger partial charge in [0, 0.05) is 5.41 Å². The zero-order chi connectivity index (χ0) is 15.5. The van der Waals surface area contributed by atoms with Crippen LogP contribution < -0.4 is 0 Å². The van der Waals surface area contributed by atoms with Crippen LogP contribution in [0.3, 0.4) is 0 Å². The number of carbonyl (C=O) groups excluding carboxylic acids is 2. The molecule has 0 heterocycles. The Morgan fingerprint density at radius 2 is 1.82 bits per heavy atom. The van der Waals surface area contributed by atoms with Crippen molar-refractivity contribution >= 4 is 33.7 Å². The highest BCUT2D eigenvalue weighted by Crippen LogP contribution is 2.66. The summed E-state index contributed by atoms with van der Waals surface area (Å²) in [6.07, 6.45) is 12.8. The molecule has 0 aromatic carbocycles. The van der Waals surface area contributed by atoms with Crippen molar-refractivity contribution in [1.29, 1.82) is 0 Å². The second kappa shape index (κ2) is 5.34. The lowest BCUT2D eigenvalue weighted by atomic mass is 9.42. The standard InChI is InChI=1S/C18H22Cl2O2/c19-16(21)14-11-6-8-18(15(14)17(20)22)7-5-10-3-1-2-4-12(10)13(18)9-11/h6,8,10-15H,1-5,7,9H2. The van der Waals surface area contributed by atoms with Crippen molar-refractivity contribution in [3.05, 3.63) is 12.2 Å². The molecule has 0 radical (unpaired) electrons. The third-order valence-electron chi connectivity index (χ3n) is 7.21. The molecular formula is C18H22Cl2O2. The third kappa shape index (κ3) is 1.99. The van der Waals surface area contributed by atoms with Gasteiger partial charge in [0.25, 0.3) is 0 Å². The molecular weight excluding hydrogens is 319 g/mol. The van der Waals surface area contributed by atoms with Crippen LogP contribution in [0.4, 0.5) is 0 Å². The lowest BCUT2D eigenvalue weighted by Gasteiger charge is -2.62. The topological polar surface area (TPSA) is 34.1 Å². The number of fused-ring (bicyclic) bond motifs is 2. The van der Waals surface area contributed by atoms with Crippen molar-refractivity contribution in [3.8, 4) is 0 Å². The van der Waals surface area contributed by atoms with Gasteiger partial charge in [-0.15, -0.1) is 0 Å². The van der Waals surface area contributed by atoms with Crippen molar-refractivity contribution in [1.82, 2.24) is 0 Å². The highest BCUT2D eigenvalue weighted by Gasteiger charge is 2.63. The van der Waals surface area contributed by atoms with E-state index < -0.39 is 11.8 Å². The summed E-state index contributed by atoms with van der Waals surface area (Å²) < 4.78 is 0. The van der Waals surface area contributed by atoms with Crippen LogP contribution in [0.25, 0.3) is 0 Å². The minimum atomic E-state index is -0.409. The Kier molecular flexibility index (Phi) is 3.69. The molecule has 0 N–H and O–H groups in total. The summed E-state index contributed by atoms with van der Waals surface area (Å²) in [5.74, 6) is 1.32. The Hall–Kier alpha value is -0.340. The first-order valence-corrected chi connectivity index (χ1v) is 9.38. The SMILES string of the molecule is O=C(Cl)C1C2C=CC3(CCC4CCCCC4C3C2)C1C(=O)Cl. The minimum Gasteiger partial charge on any atom is -0.281 e. The molecule has 2 bridgehead atoms. The van der Waals surface area contributed by atoms with E-state index in [2.05, 4.69) is 12.2 Å².